The van der Waals surface area contributed by atoms with E-state index in [1.165, 1.54) is 25.1 Å². The largest absolute Gasteiger partial charge is 0.416 e. The van der Waals surface area contributed by atoms with E-state index in [2.05, 4.69) is 26.2 Å². The SMILES string of the molecule is CCS(=O)(=O)c1ccc(Cl)cc1Cn1c(=O)[nH]c2c(Br)c(CN3CC[C@@H](NC)C3)c(C(F)(F)F)cc2c1=O. The van der Waals surface area contributed by atoms with Gasteiger partial charge in [0.05, 0.1) is 33.7 Å². The minimum absolute atomic E-state index is 0.0198. The number of nitrogens with one attached hydrogen (secondary N) is 2. The van der Waals surface area contributed by atoms with Gasteiger partial charge in [0.1, 0.15) is 0 Å². The quantitative estimate of drug-likeness (QED) is 0.409. The Balaban J connectivity index is 1.88. The molecule has 2 N–H and O–H groups in total. The summed E-state index contributed by atoms with van der Waals surface area (Å²) in [5.74, 6) is -0.235. The number of sulfone groups is 1. The summed E-state index contributed by atoms with van der Waals surface area (Å²) in [6.45, 7) is 2.05. The molecule has 1 aromatic heterocycles. The highest BCUT2D eigenvalue weighted by atomic mass is 79.9. The predicted octanol–water partition coefficient (Wildman–Crippen LogP) is 3.76. The molecule has 206 valence electrons. The van der Waals surface area contributed by atoms with E-state index >= 15 is 0 Å². The summed E-state index contributed by atoms with van der Waals surface area (Å²) in [4.78, 5) is 30.7. The molecule has 0 spiro atoms. The van der Waals surface area contributed by atoms with E-state index in [4.69, 9.17) is 11.6 Å². The van der Waals surface area contributed by atoms with Gasteiger partial charge in [-0.1, -0.05) is 18.5 Å². The van der Waals surface area contributed by atoms with Crippen LogP contribution in [-0.2, 0) is 29.1 Å². The lowest BCUT2D eigenvalue weighted by Crippen LogP contribution is -2.36. The smallest absolute Gasteiger partial charge is 0.316 e. The number of aromatic nitrogens is 2. The maximum atomic E-state index is 14.2. The third-order valence-electron chi connectivity index (χ3n) is 6.75. The van der Waals surface area contributed by atoms with Gasteiger partial charge in [0, 0.05) is 35.2 Å². The van der Waals surface area contributed by atoms with Gasteiger partial charge in [-0.15, -0.1) is 0 Å². The highest BCUT2D eigenvalue weighted by Gasteiger charge is 2.37. The zero-order chi connectivity index (χ0) is 28.0. The van der Waals surface area contributed by atoms with Gasteiger partial charge in [-0.3, -0.25) is 14.3 Å². The molecule has 4 rings (SSSR count). The van der Waals surface area contributed by atoms with Gasteiger partial charge in [0.2, 0.25) is 0 Å². The number of likely N-dealkylation sites (N-methyl/N-ethyl adjacent to an activating group) is 1. The molecular formula is C24H25BrClF3N4O4S. The average Bonchev–Trinajstić information content (AvgIpc) is 3.30. The van der Waals surface area contributed by atoms with Crippen LogP contribution in [0.2, 0.25) is 5.02 Å². The Morgan fingerprint density at radius 2 is 1.92 bits per heavy atom. The summed E-state index contributed by atoms with van der Waals surface area (Å²) in [6, 6.07) is 4.86. The van der Waals surface area contributed by atoms with Crippen LogP contribution in [0, 0.1) is 0 Å². The van der Waals surface area contributed by atoms with E-state index < -0.39 is 39.4 Å². The predicted molar refractivity (Wildman–Crippen MR) is 143 cm³/mol. The van der Waals surface area contributed by atoms with E-state index in [0.29, 0.717) is 17.7 Å². The first kappa shape index (κ1) is 28.8. The highest BCUT2D eigenvalue weighted by Crippen LogP contribution is 2.39. The standard InChI is InChI=1S/C24H25BrClF3N4O4S/c1-3-38(36,37)19-5-4-14(26)8-13(19)10-33-22(34)16-9-18(24(27,28)29)17(20(25)21(16)31-23(33)35)12-32-7-6-15(11-32)30-2/h4-5,8-9,15,30H,3,6-7,10-12H2,1-2H3,(H,31,35)/t15-/m1/s1. The lowest BCUT2D eigenvalue weighted by atomic mass is 10.0. The van der Waals surface area contributed by atoms with Gasteiger partial charge >= 0.3 is 11.9 Å². The van der Waals surface area contributed by atoms with Crippen molar-refractivity contribution in [1.82, 2.24) is 19.8 Å². The first-order valence-corrected chi connectivity index (χ1v) is 14.5. The van der Waals surface area contributed by atoms with Crippen LogP contribution in [0.25, 0.3) is 10.9 Å². The summed E-state index contributed by atoms with van der Waals surface area (Å²) in [5.41, 5.74) is -2.94. The van der Waals surface area contributed by atoms with Crippen LogP contribution in [0.5, 0.6) is 0 Å². The van der Waals surface area contributed by atoms with Crippen LogP contribution in [0.3, 0.4) is 0 Å². The highest BCUT2D eigenvalue weighted by molar-refractivity contribution is 9.10. The van der Waals surface area contributed by atoms with Gasteiger partial charge in [0.25, 0.3) is 5.56 Å². The molecule has 3 aromatic rings. The van der Waals surface area contributed by atoms with Gasteiger partial charge in [-0.05, 0) is 64.8 Å². The Kier molecular flexibility index (Phi) is 8.16. The van der Waals surface area contributed by atoms with E-state index in [1.807, 2.05) is 4.90 Å². The van der Waals surface area contributed by atoms with Crippen LogP contribution in [-0.4, -0.2) is 54.8 Å². The van der Waals surface area contributed by atoms with Gasteiger partial charge < -0.3 is 10.3 Å². The summed E-state index contributed by atoms with van der Waals surface area (Å²) < 4.78 is 68.3. The van der Waals surface area contributed by atoms with Crippen LogP contribution < -0.4 is 16.6 Å². The van der Waals surface area contributed by atoms with Crippen molar-refractivity contribution in [1.29, 1.82) is 0 Å². The number of rotatable bonds is 7. The number of hydrogen-bond donors (Lipinski definition) is 2. The van der Waals surface area contributed by atoms with Crippen LogP contribution in [0.15, 0.2) is 43.2 Å². The fraction of sp³-hybridized carbons (Fsp3) is 0.417. The number of benzene rings is 2. The molecule has 0 aliphatic carbocycles. The number of hydrogen-bond acceptors (Lipinski definition) is 6. The molecule has 8 nitrogen and oxygen atoms in total. The second-order valence-corrected chi connectivity index (χ2v) is 12.6. The second-order valence-electron chi connectivity index (χ2n) is 9.12. The third kappa shape index (κ3) is 5.57. The minimum atomic E-state index is -4.77. The fourth-order valence-corrected chi connectivity index (χ4v) is 6.64. The Morgan fingerprint density at radius 1 is 1.21 bits per heavy atom. The number of nitrogens with zero attached hydrogens (tertiary/aromatic N) is 2. The lowest BCUT2D eigenvalue weighted by Gasteiger charge is -2.22. The minimum Gasteiger partial charge on any atom is -0.316 e. The van der Waals surface area contributed by atoms with E-state index in [0.717, 1.165) is 12.5 Å². The zero-order valence-corrected chi connectivity index (χ0v) is 23.6. The first-order valence-electron chi connectivity index (χ1n) is 11.7. The van der Waals surface area contributed by atoms with Crippen molar-refractivity contribution in [3.05, 3.63) is 71.3 Å². The molecule has 1 atom stereocenters. The van der Waals surface area contributed by atoms with Crippen molar-refractivity contribution in [2.24, 2.45) is 0 Å². The molecule has 0 amide bonds. The van der Waals surface area contributed by atoms with E-state index in [-0.39, 0.29) is 54.8 Å². The topological polar surface area (TPSA) is 104 Å². The number of aromatic amines is 1. The number of alkyl halides is 3. The number of halogens is 5. The maximum absolute atomic E-state index is 14.2. The normalized spacial score (nSPS) is 17.0. The molecule has 0 unspecified atom stereocenters. The summed E-state index contributed by atoms with van der Waals surface area (Å²) in [5, 5.41) is 2.94. The van der Waals surface area contributed by atoms with Crippen molar-refractivity contribution in [2.75, 3.05) is 25.9 Å². The lowest BCUT2D eigenvalue weighted by molar-refractivity contribution is -0.138. The molecule has 0 bridgehead atoms. The molecule has 2 heterocycles. The molecular weight excluding hydrogens is 613 g/mol. The number of fused-ring (bicyclic) bond motifs is 1. The monoisotopic (exact) mass is 636 g/mol. The molecule has 0 radical (unpaired) electrons. The van der Waals surface area contributed by atoms with Crippen molar-refractivity contribution in [3.63, 3.8) is 0 Å². The maximum Gasteiger partial charge on any atom is 0.416 e. The summed E-state index contributed by atoms with van der Waals surface area (Å²) in [6.07, 6.45) is -3.99. The Bertz CT molecular complexity index is 1620. The summed E-state index contributed by atoms with van der Waals surface area (Å²) in [7, 11) is -1.95. The van der Waals surface area contributed by atoms with Crippen molar-refractivity contribution >= 4 is 48.3 Å². The average molecular weight is 638 g/mol. The molecule has 2 aromatic carbocycles. The van der Waals surface area contributed by atoms with Crippen LogP contribution in [0.4, 0.5) is 13.2 Å². The molecule has 38 heavy (non-hydrogen) atoms. The third-order valence-corrected chi connectivity index (χ3v) is 9.69. The van der Waals surface area contributed by atoms with Crippen molar-refractivity contribution in [3.8, 4) is 0 Å². The zero-order valence-electron chi connectivity index (χ0n) is 20.5. The Morgan fingerprint density at radius 3 is 2.53 bits per heavy atom. The van der Waals surface area contributed by atoms with Crippen LogP contribution >= 0.6 is 27.5 Å². The molecule has 0 saturated carbocycles. The van der Waals surface area contributed by atoms with Gasteiger partial charge in [0.15, 0.2) is 9.84 Å². The Hall–Kier alpha value is -2.19. The van der Waals surface area contributed by atoms with Crippen LogP contribution in [0.1, 0.15) is 30.0 Å². The van der Waals surface area contributed by atoms with Crippen molar-refractivity contribution in [2.45, 2.75) is 43.5 Å². The van der Waals surface area contributed by atoms with Crippen molar-refractivity contribution < 1.29 is 21.6 Å². The molecule has 1 aliphatic rings. The molecule has 1 saturated heterocycles. The molecule has 14 heteroatoms. The molecule has 1 fully saturated rings. The summed E-state index contributed by atoms with van der Waals surface area (Å²) >= 11 is 9.26. The Labute approximate surface area is 229 Å². The van der Waals surface area contributed by atoms with Gasteiger partial charge in [-0.25, -0.2) is 13.2 Å². The van der Waals surface area contributed by atoms with E-state index in [1.54, 1.807) is 7.05 Å². The first-order chi connectivity index (χ1) is 17.8. The van der Waals surface area contributed by atoms with Gasteiger partial charge in [-0.2, -0.15) is 13.2 Å². The number of likely N-dealkylation sites (tertiary alicyclic amines) is 1. The molecule has 1 aliphatic heterocycles. The second kappa shape index (κ2) is 10.8. The van der Waals surface area contributed by atoms with E-state index in [9.17, 15) is 31.2 Å². The fourth-order valence-electron chi connectivity index (χ4n) is 4.68. The number of H-pyrrole nitrogens is 1.